The average Bonchev–Trinajstić information content (AvgIpc) is 2.55. The summed E-state index contributed by atoms with van der Waals surface area (Å²) in [6.07, 6.45) is 4.45. The van der Waals surface area contributed by atoms with Crippen LogP contribution in [0.25, 0.3) is 0 Å². The molecule has 0 saturated heterocycles. The number of carbonyl (C=O) groups is 1. The number of hydrogen-bond acceptors (Lipinski definition) is 3. The van der Waals surface area contributed by atoms with Crippen molar-refractivity contribution < 1.29 is 9.53 Å². The highest BCUT2D eigenvalue weighted by Gasteiger charge is 2.09. The Labute approximate surface area is 137 Å². The molecule has 0 bridgehead atoms. The minimum absolute atomic E-state index is 0.128. The van der Waals surface area contributed by atoms with E-state index in [1.54, 1.807) is 24.3 Å². The van der Waals surface area contributed by atoms with Gasteiger partial charge in [0.15, 0.2) is 0 Å². The number of urea groups is 1. The third-order valence-corrected chi connectivity index (χ3v) is 3.31. The van der Waals surface area contributed by atoms with Gasteiger partial charge >= 0.3 is 6.03 Å². The molecule has 2 rings (SSSR count). The maximum absolute atomic E-state index is 12.2. The zero-order valence-corrected chi connectivity index (χ0v) is 13.8. The van der Waals surface area contributed by atoms with Gasteiger partial charge in [0.1, 0.15) is 5.75 Å². The Morgan fingerprint density at radius 1 is 1.17 bits per heavy atom. The van der Waals surface area contributed by atoms with Crippen molar-refractivity contribution in [2.45, 2.75) is 26.4 Å². The van der Waals surface area contributed by atoms with Gasteiger partial charge in [-0.05, 0) is 62.2 Å². The second kappa shape index (κ2) is 8.17. The van der Waals surface area contributed by atoms with Crippen LogP contribution in [0.1, 0.15) is 19.4 Å². The van der Waals surface area contributed by atoms with Crippen LogP contribution in [0.5, 0.6) is 5.75 Å². The number of aromatic nitrogens is 1. The fourth-order valence-electron chi connectivity index (χ4n) is 2.06. The second-order valence-corrected chi connectivity index (χ2v) is 5.65. The largest absolute Gasteiger partial charge is 0.491 e. The third-order valence-electron chi connectivity index (χ3n) is 3.31. The average molecular weight is 313 g/mol. The van der Waals surface area contributed by atoms with Crippen molar-refractivity contribution in [1.82, 2.24) is 9.88 Å². The van der Waals surface area contributed by atoms with Crippen LogP contribution in [0.2, 0.25) is 0 Å². The van der Waals surface area contributed by atoms with Crippen LogP contribution in [0, 0.1) is 0 Å². The first-order chi connectivity index (χ1) is 11.0. The van der Waals surface area contributed by atoms with Crippen molar-refractivity contribution in [1.29, 1.82) is 0 Å². The van der Waals surface area contributed by atoms with Gasteiger partial charge < -0.3 is 15.0 Å². The van der Waals surface area contributed by atoms with Crippen molar-refractivity contribution in [3.63, 3.8) is 0 Å². The number of ether oxygens (including phenoxy) is 1. The zero-order chi connectivity index (χ0) is 16.7. The predicted octanol–water partition coefficient (Wildman–Crippen LogP) is 3.58. The topological polar surface area (TPSA) is 54.5 Å². The SMILES string of the molecule is CC(C)Oc1ccc(NC(=O)N(C)CCc2ccncc2)cc1. The number of nitrogens with zero attached hydrogens (tertiary/aromatic N) is 2. The Balaban J connectivity index is 1.83. The molecule has 0 unspecified atom stereocenters. The van der Waals surface area contributed by atoms with Gasteiger partial charge in [-0.1, -0.05) is 0 Å². The summed E-state index contributed by atoms with van der Waals surface area (Å²) in [4.78, 5) is 17.8. The summed E-state index contributed by atoms with van der Waals surface area (Å²) < 4.78 is 5.58. The molecule has 0 saturated carbocycles. The van der Waals surface area contributed by atoms with Gasteiger partial charge in [0.05, 0.1) is 6.10 Å². The lowest BCUT2D eigenvalue weighted by molar-refractivity contribution is 0.223. The van der Waals surface area contributed by atoms with Gasteiger partial charge in [-0.3, -0.25) is 4.98 Å². The van der Waals surface area contributed by atoms with Crippen molar-refractivity contribution in [2.75, 3.05) is 18.9 Å². The molecule has 23 heavy (non-hydrogen) atoms. The summed E-state index contributed by atoms with van der Waals surface area (Å²) in [5.74, 6) is 0.795. The van der Waals surface area contributed by atoms with Crippen molar-refractivity contribution in [3.8, 4) is 5.75 Å². The van der Waals surface area contributed by atoms with Gasteiger partial charge in [0.25, 0.3) is 0 Å². The summed E-state index contributed by atoms with van der Waals surface area (Å²) in [5, 5.41) is 2.88. The molecule has 0 spiro atoms. The summed E-state index contributed by atoms with van der Waals surface area (Å²) in [6.45, 7) is 4.60. The highest BCUT2D eigenvalue weighted by molar-refractivity contribution is 5.89. The van der Waals surface area contributed by atoms with Gasteiger partial charge in [-0.25, -0.2) is 4.79 Å². The Bertz CT molecular complexity index is 612. The van der Waals surface area contributed by atoms with E-state index in [-0.39, 0.29) is 12.1 Å². The van der Waals surface area contributed by atoms with E-state index in [2.05, 4.69) is 10.3 Å². The van der Waals surface area contributed by atoms with Gasteiger partial charge in [-0.15, -0.1) is 0 Å². The van der Waals surface area contributed by atoms with E-state index in [0.717, 1.165) is 23.4 Å². The smallest absolute Gasteiger partial charge is 0.321 e. The zero-order valence-electron chi connectivity index (χ0n) is 13.8. The number of benzene rings is 1. The molecule has 0 radical (unpaired) electrons. The Morgan fingerprint density at radius 2 is 1.83 bits per heavy atom. The summed E-state index contributed by atoms with van der Waals surface area (Å²) in [5.41, 5.74) is 1.91. The molecule has 5 nitrogen and oxygen atoms in total. The standard InChI is InChI=1S/C18H23N3O2/c1-14(2)23-17-6-4-16(5-7-17)20-18(22)21(3)13-10-15-8-11-19-12-9-15/h4-9,11-12,14H,10,13H2,1-3H3,(H,20,22). The fourth-order valence-corrected chi connectivity index (χ4v) is 2.06. The van der Waals surface area contributed by atoms with E-state index in [4.69, 9.17) is 4.74 Å². The molecule has 0 aliphatic rings. The number of amides is 2. The quantitative estimate of drug-likeness (QED) is 0.887. The fraction of sp³-hybridized carbons (Fsp3) is 0.333. The van der Waals surface area contributed by atoms with Crippen LogP contribution in [0.4, 0.5) is 10.5 Å². The lowest BCUT2D eigenvalue weighted by Crippen LogP contribution is -2.32. The first-order valence-corrected chi connectivity index (χ1v) is 7.72. The molecular formula is C18H23N3O2. The maximum atomic E-state index is 12.2. The number of rotatable bonds is 6. The minimum Gasteiger partial charge on any atom is -0.491 e. The number of nitrogens with one attached hydrogen (secondary N) is 1. The van der Waals surface area contributed by atoms with Crippen LogP contribution >= 0.6 is 0 Å². The number of pyridine rings is 1. The molecule has 0 atom stereocenters. The van der Waals surface area contributed by atoms with Crippen LogP contribution in [0.3, 0.4) is 0 Å². The molecule has 2 aromatic rings. The van der Waals surface area contributed by atoms with Gasteiger partial charge in [0, 0.05) is 31.7 Å². The summed E-state index contributed by atoms with van der Waals surface area (Å²) >= 11 is 0. The van der Waals surface area contributed by atoms with Crippen molar-refractivity contribution in [3.05, 3.63) is 54.4 Å². The van der Waals surface area contributed by atoms with Gasteiger partial charge in [0.2, 0.25) is 0 Å². The number of likely N-dealkylation sites (N-methyl/N-ethyl adjacent to an activating group) is 1. The molecule has 122 valence electrons. The second-order valence-electron chi connectivity index (χ2n) is 5.65. The highest BCUT2D eigenvalue weighted by atomic mass is 16.5. The minimum atomic E-state index is -0.128. The first kappa shape index (κ1) is 16.8. The molecular weight excluding hydrogens is 290 g/mol. The summed E-state index contributed by atoms with van der Waals surface area (Å²) in [7, 11) is 1.78. The number of anilines is 1. The Hall–Kier alpha value is -2.56. The number of carbonyl (C=O) groups excluding carboxylic acids is 1. The third kappa shape index (κ3) is 5.62. The molecule has 0 aliphatic carbocycles. The normalized spacial score (nSPS) is 10.4. The molecule has 1 aromatic heterocycles. The number of hydrogen-bond donors (Lipinski definition) is 1. The van der Waals surface area contributed by atoms with E-state index in [0.29, 0.717) is 6.54 Å². The molecule has 1 heterocycles. The van der Waals surface area contributed by atoms with E-state index >= 15 is 0 Å². The van der Waals surface area contributed by atoms with E-state index in [1.807, 2.05) is 50.2 Å². The molecule has 2 amide bonds. The van der Waals surface area contributed by atoms with Crippen molar-refractivity contribution in [2.24, 2.45) is 0 Å². The lowest BCUT2D eigenvalue weighted by atomic mass is 10.2. The van der Waals surface area contributed by atoms with E-state index in [9.17, 15) is 4.79 Å². The predicted molar refractivity (Wildman–Crippen MR) is 91.8 cm³/mol. The van der Waals surface area contributed by atoms with Crippen LogP contribution in [-0.2, 0) is 6.42 Å². The maximum Gasteiger partial charge on any atom is 0.321 e. The lowest BCUT2D eigenvalue weighted by Gasteiger charge is -2.18. The van der Waals surface area contributed by atoms with Crippen LogP contribution < -0.4 is 10.1 Å². The monoisotopic (exact) mass is 313 g/mol. The van der Waals surface area contributed by atoms with E-state index in [1.165, 1.54) is 0 Å². The van der Waals surface area contributed by atoms with Crippen LogP contribution in [-0.4, -0.2) is 35.6 Å². The molecule has 0 aliphatic heterocycles. The first-order valence-electron chi connectivity index (χ1n) is 7.72. The Kier molecular flexibility index (Phi) is 5.97. The molecule has 5 heteroatoms. The highest BCUT2D eigenvalue weighted by Crippen LogP contribution is 2.17. The molecule has 1 N–H and O–H groups in total. The van der Waals surface area contributed by atoms with Crippen LogP contribution in [0.15, 0.2) is 48.8 Å². The van der Waals surface area contributed by atoms with Crippen molar-refractivity contribution >= 4 is 11.7 Å². The summed E-state index contributed by atoms with van der Waals surface area (Å²) in [6, 6.07) is 11.2. The molecule has 1 aromatic carbocycles. The molecule has 0 fully saturated rings. The van der Waals surface area contributed by atoms with Gasteiger partial charge in [-0.2, -0.15) is 0 Å². The van der Waals surface area contributed by atoms with E-state index < -0.39 is 0 Å². The Morgan fingerprint density at radius 3 is 2.43 bits per heavy atom.